The van der Waals surface area contributed by atoms with E-state index in [1.54, 1.807) is 24.3 Å². The number of carbonyl (C=O) groups is 3. The summed E-state index contributed by atoms with van der Waals surface area (Å²) in [4.78, 5) is 36.2. The van der Waals surface area contributed by atoms with Gasteiger partial charge in [-0.05, 0) is 49.1 Å². The van der Waals surface area contributed by atoms with Crippen molar-refractivity contribution in [3.63, 3.8) is 0 Å². The maximum atomic E-state index is 12.6. The smallest absolute Gasteiger partial charge is 0.307 e. The molecular weight excluding hydrogens is 368 g/mol. The average molecular weight is 392 g/mol. The molecule has 0 saturated carbocycles. The first-order valence-corrected chi connectivity index (χ1v) is 9.57. The molecule has 0 bridgehead atoms. The Labute approximate surface area is 169 Å². The predicted octanol–water partition coefficient (Wildman–Crippen LogP) is 3.78. The van der Waals surface area contributed by atoms with Crippen molar-refractivity contribution in [3.8, 4) is 0 Å². The summed E-state index contributed by atoms with van der Waals surface area (Å²) < 4.78 is 0. The van der Waals surface area contributed by atoms with Gasteiger partial charge in [-0.15, -0.1) is 0 Å². The van der Waals surface area contributed by atoms with Crippen LogP contribution in [0.3, 0.4) is 0 Å². The van der Waals surface area contributed by atoms with Gasteiger partial charge < -0.3 is 15.7 Å². The Morgan fingerprint density at radius 1 is 0.966 bits per heavy atom. The van der Waals surface area contributed by atoms with Crippen LogP contribution in [0.4, 0.5) is 11.4 Å². The van der Waals surface area contributed by atoms with Crippen LogP contribution < -0.4 is 10.6 Å². The first-order chi connectivity index (χ1) is 13.9. The van der Waals surface area contributed by atoms with Gasteiger partial charge in [0.05, 0.1) is 18.3 Å². The predicted molar refractivity (Wildman–Crippen MR) is 112 cm³/mol. The Kier molecular flexibility index (Phi) is 6.44. The number of anilines is 2. The fourth-order valence-corrected chi connectivity index (χ4v) is 3.47. The number of amides is 2. The van der Waals surface area contributed by atoms with Crippen molar-refractivity contribution in [1.29, 1.82) is 0 Å². The minimum Gasteiger partial charge on any atom is -0.481 e. The van der Waals surface area contributed by atoms with E-state index in [2.05, 4.69) is 10.6 Å². The van der Waals surface area contributed by atoms with E-state index in [1.165, 1.54) is 0 Å². The lowest BCUT2D eigenvalue weighted by atomic mass is 9.82. The van der Waals surface area contributed by atoms with Crippen LogP contribution in [0, 0.1) is 18.8 Å². The van der Waals surface area contributed by atoms with Gasteiger partial charge in [-0.1, -0.05) is 42.5 Å². The van der Waals surface area contributed by atoms with Gasteiger partial charge in [-0.25, -0.2) is 0 Å². The monoisotopic (exact) mass is 392 g/mol. The molecule has 2 aromatic rings. The van der Waals surface area contributed by atoms with Gasteiger partial charge in [-0.2, -0.15) is 0 Å². The van der Waals surface area contributed by atoms with Crippen LogP contribution in [-0.4, -0.2) is 22.9 Å². The van der Waals surface area contributed by atoms with Crippen LogP contribution in [0.5, 0.6) is 0 Å². The minimum atomic E-state index is -0.956. The third-order valence-corrected chi connectivity index (χ3v) is 5.06. The molecule has 0 fully saturated rings. The molecule has 0 aliphatic heterocycles. The average Bonchev–Trinajstić information content (AvgIpc) is 2.70. The van der Waals surface area contributed by atoms with Crippen LogP contribution in [-0.2, 0) is 20.8 Å². The van der Waals surface area contributed by atoms with E-state index in [4.69, 9.17) is 0 Å². The number of nitrogens with one attached hydrogen (secondary N) is 2. The first-order valence-electron chi connectivity index (χ1n) is 9.57. The molecule has 3 N–H and O–H groups in total. The van der Waals surface area contributed by atoms with Crippen molar-refractivity contribution < 1.29 is 19.5 Å². The Morgan fingerprint density at radius 3 is 2.31 bits per heavy atom. The van der Waals surface area contributed by atoms with E-state index in [9.17, 15) is 19.5 Å². The van der Waals surface area contributed by atoms with Gasteiger partial charge in [0.2, 0.25) is 11.8 Å². The maximum absolute atomic E-state index is 12.6. The molecule has 29 heavy (non-hydrogen) atoms. The summed E-state index contributed by atoms with van der Waals surface area (Å²) in [6.45, 7) is 1.84. The second kappa shape index (κ2) is 9.19. The second-order valence-electron chi connectivity index (χ2n) is 7.22. The maximum Gasteiger partial charge on any atom is 0.307 e. The number of hydrogen-bond donors (Lipinski definition) is 3. The van der Waals surface area contributed by atoms with E-state index in [-0.39, 0.29) is 18.2 Å². The lowest BCUT2D eigenvalue weighted by Gasteiger charge is -2.24. The fraction of sp³-hybridized carbons (Fsp3) is 0.261. The Hall–Kier alpha value is -3.41. The summed E-state index contributed by atoms with van der Waals surface area (Å²) in [6, 6.07) is 14.7. The van der Waals surface area contributed by atoms with E-state index < -0.39 is 17.8 Å². The van der Waals surface area contributed by atoms with Crippen LogP contribution in [0.2, 0.25) is 0 Å². The molecule has 150 valence electrons. The molecule has 0 heterocycles. The fourth-order valence-electron chi connectivity index (χ4n) is 3.47. The molecule has 0 radical (unpaired) electrons. The quantitative estimate of drug-likeness (QED) is 0.652. The van der Waals surface area contributed by atoms with Crippen LogP contribution in [0.15, 0.2) is 60.7 Å². The Balaban J connectivity index is 1.63. The first kappa shape index (κ1) is 20.3. The molecular formula is C23H24N2O4. The summed E-state index contributed by atoms with van der Waals surface area (Å²) in [7, 11) is 0. The molecule has 2 amide bonds. The Morgan fingerprint density at radius 2 is 1.66 bits per heavy atom. The van der Waals surface area contributed by atoms with Gasteiger partial charge in [0, 0.05) is 11.4 Å². The third-order valence-electron chi connectivity index (χ3n) is 5.06. The van der Waals surface area contributed by atoms with E-state index in [1.807, 2.05) is 43.3 Å². The van der Waals surface area contributed by atoms with Crippen molar-refractivity contribution >= 4 is 29.2 Å². The molecule has 1 aliphatic rings. The molecule has 3 rings (SSSR count). The minimum absolute atomic E-state index is 0.116. The van der Waals surface area contributed by atoms with Crippen LogP contribution >= 0.6 is 0 Å². The molecule has 6 heteroatoms. The van der Waals surface area contributed by atoms with Crippen molar-refractivity contribution in [2.45, 2.75) is 26.2 Å². The zero-order chi connectivity index (χ0) is 20.8. The Bertz CT molecular complexity index is 937. The molecule has 6 nitrogen and oxygen atoms in total. The third kappa shape index (κ3) is 5.31. The number of carboxylic acids is 1. The number of hydrogen-bond acceptors (Lipinski definition) is 3. The molecule has 0 aromatic heterocycles. The number of aliphatic carboxylic acids is 1. The summed E-state index contributed by atoms with van der Waals surface area (Å²) in [5, 5.41) is 15.0. The number of benzene rings is 2. The number of carboxylic acid groups (broad SMARTS) is 1. The number of carbonyl (C=O) groups excluding carboxylic acids is 2. The molecule has 2 aromatic carbocycles. The van der Waals surface area contributed by atoms with Crippen LogP contribution in [0.1, 0.15) is 24.0 Å². The van der Waals surface area contributed by atoms with Gasteiger partial charge >= 0.3 is 5.97 Å². The van der Waals surface area contributed by atoms with Gasteiger partial charge in [0.1, 0.15) is 0 Å². The van der Waals surface area contributed by atoms with Gasteiger partial charge in [-0.3, -0.25) is 14.4 Å². The van der Waals surface area contributed by atoms with Gasteiger partial charge in [0.25, 0.3) is 0 Å². The molecule has 0 spiro atoms. The summed E-state index contributed by atoms with van der Waals surface area (Å²) >= 11 is 0. The SMILES string of the molecule is Cc1cc(NC(=O)[C@H]2CC=CC[C@@H]2C(=O)O)ccc1NC(=O)Cc1ccccc1. The van der Waals surface area contributed by atoms with Crippen molar-refractivity contribution in [1.82, 2.24) is 0 Å². The standard InChI is InChI=1S/C23H24N2O4/c1-15-13-17(24-22(27)18-9-5-6-10-19(18)23(28)29)11-12-20(15)25-21(26)14-16-7-3-2-4-8-16/h2-8,11-13,18-19H,9-10,14H2,1H3,(H,24,27)(H,25,26)(H,28,29)/t18-,19-/m0/s1. The molecule has 1 aliphatic carbocycles. The van der Waals surface area contributed by atoms with Crippen molar-refractivity contribution in [3.05, 3.63) is 71.8 Å². The van der Waals surface area contributed by atoms with E-state index in [0.717, 1.165) is 11.1 Å². The zero-order valence-electron chi connectivity index (χ0n) is 16.2. The lowest BCUT2D eigenvalue weighted by Crippen LogP contribution is -2.34. The molecule has 0 unspecified atom stereocenters. The lowest BCUT2D eigenvalue weighted by molar-refractivity contribution is -0.146. The highest BCUT2D eigenvalue weighted by Gasteiger charge is 2.33. The largest absolute Gasteiger partial charge is 0.481 e. The van der Waals surface area contributed by atoms with Crippen LogP contribution in [0.25, 0.3) is 0 Å². The van der Waals surface area contributed by atoms with Crippen molar-refractivity contribution in [2.24, 2.45) is 11.8 Å². The summed E-state index contributed by atoms with van der Waals surface area (Å²) in [5.74, 6) is -2.68. The van der Waals surface area contributed by atoms with E-state index >= 15 is 0 Å². The topological polar surface area (TPSA) is 95.5 Å². The number of rotatable bonds is 6. The molecule has 0 saturated heterocycles. The zero-order valence-corrected chi connectivity index (χ0v) is 16.2. The molecule has 2 atom stereocenters. The summed E-state index contributed by atoms with van der Waals surface area (Å²) in [6.07, 6.45) is 4.71. The highest BCUT2D eigenvalue weighted by atomic mass is 16.4. The number of allylic oxidation sites excluding steroid dienone is 2. The van der Waals surface area contributed by atoms with E-state index in [0.29, 0.717) is 24.2 Å². The normalized spacial score (nSPS) is 18.1. The highest BCUT2D eigenvalue weighted by Crippen LogP contribution is 2.28. The highest BCUT2D eigenvalue weighted by molar-refractivity contribution is 5.97. The van der Waals surface area contributed by atoms with Crippen molar-refractivity contribution in [2.75, 3.05) is 10.6 Å². The number of aryl methyl sites for hydroxylation is 1. The summed E-state index contributed by atoms with van der Waals surface area (Å²) in [5.41, 5.74) is 2.99. The van der Waals surface area contributed by atoms with Gasteiger partial charge in [0.15, 0.2) is 0 Å². The second-order valence-corrected chi connectivity index (χ2v) is 7.22.